The molecule has 118 valence electrons. The standard InChI is InChI=1S/C15H30N2O3/c1-5-17(12(2)11-19-3)10-8-13-7-6-9-15(13,16)14(18)20-4/h12-13H,5-11,16H2,1-4H3. The van der Waals surface area contributed by atoms with E-state index < -0.39 is 5.54 Å². The van der Waals surface area contributed by atoms with E-state index >= 15 is 0 Å². The van der Waals surface area contributed by atoms with Gasteiger partial charge in [-0.1, -0.05) is 13.3 Å². The summed E-state index contributed by atoms with van der Waals surface area (Å²) in [6.45, 7) is 6.96. The van der Waals surface area contributed by atoms with Crippen molar-refractivity contribution in [2.45, 2.75) is 51.1 Å². The lowest BCUT2D eigenvalue weighted by Crippen LogP contribution is -2.52. The Labute approximate surface area is 122 Å². The fraction of sp³-hybridized carbons (Fsp3) is 0.933. The Kier molecular flexibility index (Phi) is 6.92. The molecule has 1 aliphatic carbocycles. The van der Waals surface area contributed by atoms with E-state index in [4.69, 9.17) is 15.2 Å². The van der Waals surface area contributed by atoms with E-state index in [-0.39, 0.29) is 11.9 Å². The molecule has 20 heavy (non-hydrogen) atoms. The van der Waals surface area contributed by atoms with Crippen LogP contribution in [0.1, 0.15) is 39.5 Å². The van der Waals surface area contributed by atoms with Crippen LogP contribution in [0.4, 0.5) is 0 Å². The lowest BCUT2D eigenvalue weighted by Gasteiger charge is -2.32. The van der Waals surface area contributed by atoms with Crippen molar-refractivity contribution in [1.82, 2.24) is 4.90 Å². The van der Waals surface area contributed by atoms with Gasteiger partial charge in [-0.2, -0.15) is 0 Å². The Hall–Kier alpha value is -0.650. The van der Waals surface area contributed by atoms with Gasteiger partial charge in [0.2, 0.25) is 0 Å². The fourth-order valence-electron chi connectivity index (χ4n) is 3.32. The van der Waals surface area contributed by atoms with E-state index in [0.717, 1.165) is 45.4 Å². The molecule has 0 radical (unpaired) electrons. The molecule has 3 atom stereocenters. The number of likely N-dealkylation sites (N-methyl/N-ethyl adjacent to an activating group) is 1. The number of rotatable bonds is 8. The fourth-order valence-corrected chi connectivity index (χ4v) is 3.32. The van der Waals surface area contributed by atoms with Gasteiger partial charge < -0.3 is 15.2 Å². The van der Waals surface area contributed by atoms with E-state index in [9.17, 15) is 4.79 Å². The highest BCUT2D eigenvalue weighted by molar-refractivity contribution is 5.81. The summed E-state index contributed by atoms with van der Waals surface area (Å²) in [5.74, 6) is -0.0354. The van der Waals surface area contributed by atoms with Gasteiger partial charge in [0.1, 0.15) is 5.54 Å². The summed E-state index contributed by atoms with van der Waals surface area (Å²) in [7, 11) is 3.15. The summed E-state index contributed by atoms with van der Waals surface area (Å²) in [4.78, 5) is 14.3. The lowest BCUT2D eigenvalue weighted by molar-refractivity contribution is -0.148. The van der Waals surface area contributed by atoms with Gasteiger partial charge >= 0.3 is 5.97 Å². The van der Waals surface area contributed by atoms with Crippen LogP contribution in [0, 0.1) is 5.92 Å². The van der Waals surface area contributed by atoms with Gasteiger partial charge in [-0.05, 0) is 45.2 Å². The zero-order valence-electron chi connectivity index (χ0n) is 13.4. The average molecular weight is 286 g/mol. The van der Waals surface area contributed by atoms with Crippen molar-refractivity contribution in [3.05, 3.63) is 0 Å². The van der Waals surface area contributed by atoms with Crippen LogP contribution in [0.25, 0.3) is 0 Å². The van der Waals surface area contributed by atoms with Crippen LogP contribution in [-0.4, -0.2) is 56.4 Å². The van der Waals surface area contributed by atoms with Gasteiger partial charge in [0.05, 0.1) is 13.7 Å². The van der Waals surface area contributed by atoms with Crippen LogP contribution in [0.3, 0.4) is 0 Å². The van der Waals surface area contributed by atoms with Gasteiger partial charge in [0, 0.05) is 13.2 Å². The molecule has 2 N–H and O–H groups in total. The zero-order chi connectivity index (χ0) is 15.2. The third-order valence-electron chi connectivity index (χ3n) is 4.64. The molecule has 0 aromatic rings. The summed E-state index contributed by atoms with van der Waals surface area (Å²) in [6.07, 6.45) is 3.70. The summed E-state index contributed by atoms with van der Waals surface area (Å²) in [6, 6.07) is 0.386. The number of nitrogens with zero attached hydrogens (tertiary/aromatic N) is 1. The van der Waals surface area contributed by atoms with Gasteiger partial charge in [-0.15, -0.1) is 0 Å². The second-order valence-corrected chi connectivity index (χ2v) is 5.84. The topological polar surface area (TPSA) is 64.8 Å². The molecule has 1 aliphatic rings. The molecule has 0 bridgehead atoms. The van der Waals surface area contributed by atoms with E-state index in [1.165, 1.54) is 7.11 Å². The van der Waals surface area contributed by atoms with Crippen molar-refractivity contribution in [2.24, 2.45) is 11.7 Å². The first-order chi connectivity index (χ1) is 9.49. The molecule has 1 saturated carbocycles. The number of esters is 1. The Morgan fingerprint density at radius 2 is 2.20 bits per heavy atom. The van der Waals surface area contributed by atoms with Crippen molar-refractivity contribution in [2.75, 3.05) is 33.9 Å². The minimum atomic E-state index is -0.779. The van der Waals surface area contributed by atoms with Gasteiger partial charge in [-0.25, -0.2) is 0 Å². The minimum Gasteiger partial charge on any atom is -0.468 e. The first-order valence-corrected chi connectivity index (χ1v) is 7.59. The maximum absolute atomic E-state index is 11.9. The van der Waals surface area contributed by atoms with Gasteiger partial charge in [0.25, 0.3) is 0 Å². The van der Waals surface area contributed by atoms with E-state index in [1.54, 1.807) is 7.11 Å². The Morgan fingerprint density at radius 3 is 2.75 bits per heavy atom. The lowest BCUT2D eigenvalue weighted by atomic mass is 9.85. The molecule has 0 aromatic carbocycles. The summed E-state index contributed by atoms with van der Waals surface area (Å²) in [5.41, 5.74) is 5.52. The quantitative estimate of drug-likeness (QED) is 0.683. The molecule has 0 amide bonds. The normalized spacial score (nSPS) is 27.8. The van der Waals surface area contributed by atoms with Crippen molar-refractivity contribution in [1.29, 1.82) is 0 Å². The molecule has 1 rings (SSSR count). The number of ether oxygens (including phenoxy) is 2. The average Bonchev–Trinajstić information content (AvgIpc) is 2.81. The maximum Gasteiger partial charge on any atom is 0.326 e. The van der Waals surface area contributed by atoms with Crippen molar-refractivity contribution in [3.63, 3.8) is 0 Å². The van der Waals surface area contributed by atoms with Crippen LogP contribution in [-0.2, 0) is 14.3 Å². The number of hydrogen-bond acceptors (Lipinski definition) is 5. The largest absolute Gasteiger partial charge is 0.468 e. The molecular formula is C15H30N2O3. The Balaban J connectivity index is 2.56. The SMILES string of the molecule is CCN(CCC1CCCC1(N)C(=O)OC)C(C)COC. The molecule has 0 aromatic heterocycles. The molecule has 1 fully saturated rings. The number of nitrogens with two attached hydrogens (primary N) is 1. The van der Waals surface area contributed by atoms with Crippen LogP contribution < -0.4 is 5.73 Å². The highest BCUT2D eigenvalue weighted by atomic mass is 16.5. The number of carbonyl (C=O) groups is 1. The monoisotopic (exact) mass is 286 g/mol. The molecule has 0 heterocycles. The maximum atomic E-state index is 11.9. The molecular weight excluding hydrogens is 256 g/mol. The van der Waals surface area contributed by atoms with E-state index in [2.05, 4.69) is 18.7 Å². The van der Waals surface area contributed by atoms with Crippen LogP contribution in [0.5, 0.6) is 0 Å². The smallest absolute Gasteiger partial charge is 0.326 e. The predicted molar refractivity (Wildman–Crippen MR) is 79.5 cm³/mol. The number of methoxy groups -OCH3 is 2. The zero-order valence-corrected chi connectivity index (χ0v) is 13.4. The van der Waals surface area contributed by atoms with Gasteiger partial charge in [0.15, 0.2) is 0 Å². The van der Waals surface area contributed by atoms with E-state index in [0.29, 0.717) is 6.04 Å². The third-order valence-corrected chi connectivity index (χ3v) is 4.64. The van der Waals surface area contributed by atoms with Crippen molar-refractivity contribution < 1.29 is 14.3 Å². The molecule has 5 nitrogen and oxygen atoms in total. The Bertz CT molecular complexity index is 311. The molecule has 5 heteroatoms. The van der Waals surface area contributed by atoms with E-state index in [1.807, 2.05) is 0 Å². The predicted octanol–water partition coefficient (Wildman–Crippen LogP) is 1.40. The highest BCUT2D eigenvalue weighted by Crippen LogP contribution is 2.37. The Morgan fingerprint density at radius 1 is 1.50 bits per heavy atom. The van der Waals surface area contributed by atoms with Crippen molar-refractivity contribution >= 4 is 5.97 Å². The van der Waals surface area contributed by atoms with Crippen LogP contribution in [0.2, 0.25) is 0 Å². The number of carbonyl (C=O) groups excluding carboxylic acids is 1. The molecule has 0 saturated heterocycles. The molecule has 3 unspecified atom stereocenters. The summed E-state index contributed by atoms with van der Waals surface area (Å²) >= 11 is 0. The second kappa shape index (κ2) is 7.96. The molecule has 0 spiro atoms. The first kappa shape index (κ1) is 17.4. The van der Waals surface area contributed by atoms with Crippen LogP contribution in [0.15, 0.2) is 0 Å². The second-order valence-electron chi connectivity index (χ2n) is 5.84. The van der Waals surface area contributed by atoms with Crippen molar-refractivity contribution in [3.8, 4) is 0 Å². The summed E-state index contributed by atoms with van der Waals surface area (Å²) in [5, 5.41) is 0. The third kappa shape index (κ3) is 3.93. The minimum absolute atomic E-state index is 0.221. The molecule has 0 aliphatic heterocycles. The summed E-state index contributed by atoms with van der Waals surface area (Å²) < 4.78 is 10.1. The number of hydrogen-bond donors (Lipinski definition) is 1. The first-order valence-electron chi connectivity index (χ1n) is 7.59. The highest BCUT2D eigenvalue weighted by Gasteiger charge is 2.46. The van der Waals surface area contributed by atoms with Crippen LogP contribution >= 0.6 is 0 Å². The van der Waals surface area contributed by atoms with Gasteiger partial charge in [-0.3, -0.25) is 9.69 Å².